The van der Waals surface area contributed by atoms with Gasteiger partial charge in [0.1, 0.15) is 5.69 Å². The largest absolute Gasteiger partial charge is 0.248 e. The van der Waals surface area contributed by atoms with Crippen molar-refractivity contribution in [3.63, 3.8) is 0 Å². The van der Waals surface area contributed by atoms with Crippen molar-refractivity contribution in [2.75, 3.05) is 0 Å². The quantitative estimate of drug-likeness (QED) is 0.306. The Kier molecular flexibility index (Phi) is 9.49. The molecule has 0 N–H and O–H groups in total. The molecule has 0 radical (unpaired) electrons. The van der Waals surface area contributed by atoms with Crippen molar-refractivity contribution >= 4 is 0 Å². The number of pyridine rings is 1. The topological polar surface area (TPSA) is 12.9 Å². The van der Waals surface area contributed by atoms with E-state index in [4.69, 9.17) is 0 Å². The molecule has 30 heavy (non-hydrogen) atoms. The number of aryl methyl sites for hydroxylation is 1. The van der Waals surface area contributed by atoms with Gasteiger partial charge in [0.2, 0.25) is 0 Å². The summed E-state index contributed by atoms with van der Waals surface area (Å²) in [5, 5.41) is 0. The Bertz CT molecular complexity index is 783. The Morgan fingerprint density at radius 1 is 0.800 bits per heavy atom. The van der Waals surface area contributed by atoms with Crippen molar-refractivity contribution in [2.45, 2.75) is 96.8 Å². The smallest absolute Gasteiger partial charge is 0.113 e. The van der Waals surface area contributed by atoms with Crippen LogP contribution in [0.4, 0.5) is 0 Å². The Morgan fingerprint density at radius 2 is 1.53 bits per heavy atom. The first-order valence-corrected chi connectivity index (χ1v) is 12.4. The Hall–Kier alpha value is -2.07. The third-order valence-corrected chi connectivity index (χ3v) is 6.67. The van der Waals surface area contributed by atoms with Crippen molar-refractivity contribution in [3.8, 4) is 11.8 Å². The minimum Gasteiger partial charge on any atom is -0.248 e. The number of hydrogen-bond donors (Lipinski definition) is 0. The maximum atomic E-state index is 4.52. The van der Waals surface area contributed by atoms with Gasteiger partial charge in [-0.1, -0.05) is 76.5 Å². The van der Waals surface area contributed by atoms with Crippen molar-refractivity contribution in [1.82, 2.24) is 4.98 Å². The van der Waals surface area contributed by atoms with Crippen LogP contribution in [0, 0.1) is 17.8 Å². The molecule has 1 aliphatic rings. The van der Waals surface area contributed by atoms with Crippen molar-refractivity contribution in [1.29, 1.82) is 0 Å². The van der Waals surface area contributed by atoms with Crippen molar-refractivity contribution < 1.29 is 0 Å². The van der Waals surface area contributed by atoms with Crippen LogP contribution < -0.4 is 0 Å². The van der Waals surface area contributed by atoms with Crippen LogP contribution in [0.1, 0.15) is 113 Å². The second kappa shape index (κ2) is 12.6. The van der Waals surface area contributed by atoms with E-state index >= 15 is 0 Å². The highest BCUT2D eigenvalue weighted by atomic mass is 14.7. The number of aromatic nitrogens is 1. The highest BCUT2D eigenvalue weighted by Gasteiger charge is 2.21. The predicted octanol–water partition coefficient (Wildman–Crippen LogP) is 8.07. The van der Waals surface area contributed by atoms with E-state index in [0.717, 1.165) is 29.5 Å². The molecule has 1 nitrogen and oxygen atoms in total. The van der Waals surface area contributed by atoms with E-state index in [1.165, 1.54) is 81.8 Å². The highest BCUT2D eigenvalue weighted by Crippen LogP contribution is 2.37. The molecule has 0 atom stereocenters. The fourth-order valence-corrected chi connectivity index (χ4v) is 4.67. The number of unbranched alkanes of at least 4 members (excludes halogenated alkanes) is 4. The summed E-state index contributed by atoms with van der Waals surface area (Å²) < 4.78 is 0. The maximum Gasteiger partial charge on any atom is 0.113 e. The molecule has 0 unspecified atom stereocenters. The first-order valence-electron chi connectivity index (χ1n) is 12.4. The molecular formula is C29H39N. The molecule has 3 rings (SSSR count). The summed E-state index contributed by atoms with van der Waals surface area (Å²) in [5.41, 5.74) is 4.76. The van der Waals surface area contributed by atoms with Gasteiger partial charge in [-0.05, 0) is 85.6 Å². The van der Waals surface area contributed by atoms with E-state index < -0.39 is 0 Å². The van der Waals surface area contributed by atoms with E-state index in [1.54, 1.807) is 0 Å². The van der Waals surface area contributed by atoms with E-state index in [0.29, 0.717) is 0 Å². The van der Waals surface area contributed by atoms with Crippen LogP contribution in [0.3, 0.4) is 0 Å². The molecule has 1 fully saturated rings. The molecule has 1 aliphatic carbocycles. The van der Waals surface area contributed by atoms with Gasteiger partial charge in [0.25, 0.3) is 0 Å². The molecule has 1 saturated carbocycles. The Balaban J connectivity index is 1.48. The van der Waals surface area contributed by atoms with Gasteiger partial charge in [-0.15, -0.1) is 0 Å². The summed E-state index contributed by atoms with van der Waals surface area (Å²) in [4.78, 5) is 4.52. The lowest BCUT2D eigenvalue weighted by Crippen LogP contribution is -2.13. The van der Waals surface area contributed by atoms with Crippen LogP contribution in [-0.2, 0) is 6.42 Å². The standard InChI is InChI=1S/C29H39N/c1-3-5-7-9-24-11-17-27(18-12-24)28-19-13-25(14-20-28)15-21-29-22-16-26(23-30-29)10-8-6-4-2/h13-14,16,19-20,22-24,27H,3-12,17-18H2,1-2H3. The van der Waals surface area contributed by atoms with Crippen LogP contribution in [0.25, 0.3) is 0 Å². The molecule has 0 bridgehead atoms. The molecule has 0 saturated heterocycles. The average molecular weight is 402 g/mol. The monoisotopic (exact) mass is 401 g/mol. The van der Waals surface area contributed by atoms with E-state index in [9.17, 15) is 0 Å². The third kappa shape index (κ3) is 7.32. The molecular weight excluding hydrogens is 362 g/mol. The molecule has 1 aromatic heterocycles. The molecule has 1 heterocycles. The fourth-order valence-electron chi connectivity index (χ4n) is 4.67. The van der Waals surface area contributed by atoms with Gasteiger partial charge >= 0.3 is 0 Å². The third-order valence-electron chi connectivity index (χ3n) is 6.67. The lowest BCUT2D eigenvalue weighted by atomic mass is 9.77. The zero-order valence-corrected chi connectivity index (χ0v) is 19.1. The molecule has 0 amide bonds. The molecule has 2 aromatic rings. The summed E-state index contributed by atoms with van der Waals surface area (Å²) in [7, 11) is 0. The molecule has 160 valence electrons. The summed E-state index contributed by atoms with van der Waals surface area (Å²) in [6.45, 7) is 4.54. The minimum atomic E-state index is 0.747. The summed E-state index contributed by atoms with van der Waals surface area (Å²) in [5.74, 6) is 8.23. The van der Waals surface area contributed by atoms with Gasteiger partial charge < -0.3 is 0 Å². The second-order valence-electron chi connectivity index (χ2n) is 9.09. The number of hydrogen-bond acceptors (Lipinski definition) is 1. The van der Waals surface area contributed by atoms with Crippen molar-refractivity contribution in [3.05, 3.63) is 65.0 Å². The van der Waals surface area contributed by atoms with Crippen molar-refractivity contribution in [2.24, 2.45) is 5.92 Å². The molecule has 1 aromatic carbocycles. The summed E-state index contributed by atoms with van der Waals surface area (Å²) >= 11 is 0. The van der Waals surface area contributed by atoms with Gasteiger partial charge in [-0.2, -0.15) is 0 Å². The molecule has 1 heteroatoms. The van der Waals surface area contributed by atoms with E-state index in [-0.39, 0.29) is 0 Å². The molecule has 0 spiro atoms. The van der Waals surface area contributed by atoms with Gasteiger partial charge in [-0.25, -0.2) is 4.98 Å². The van der Waals surface area contributed by atoms with Gasteiger partial charge in [0.05, 0.1) is 0 Å². The van der Waals surface area contributed by atoms with E-state index in [1.807, 2.05) is 6.20 Å². The minimum absolute atomic E-state index is 0.747. The fraction of sp³-hybridized carbons (Fsp3) is 0.552. The number of rotatable bonds is 9. The number of nitrogens with zero attached hydrogens (tertiary/aromatic N) is 1. The predicted molar refractivity (Wildman–Crippen MR) is 129 cm³/mol. The zero-order valence-electron chi connectivity index (χ0n) is 19.1. The maximum absolute atomic E-state index is 4.52. The van der Waals surface area contributed by atoms with Crippen LogP contribution in [0.15, 0.2) is 42.6 Å². The second-order valence-corrected chi connectivity index (χ2v) is 9.09. The first kappa shape index (κ1) is 22.6. The highest BCUT2D eigenvalue weighted by molar-refractivity contribution is 5.41. The van der Waals surface area contributed by atoms with Crippen LogP contribution in [0.2, 0.25) is 0 Å². The first-order chi connectivity index (χ1) is 14.8. The normalized spacial score (nSPS) is 18.6. The number of benzene rings is 1. The van der Waals surface area contributed by atoms with Gasteiger partial charge in [0, 0.05) is 11.8 Å². The SMILES string of the molecule is CCCCCc1ccc(C#Cc2ccc(C3CCC(CCCCC)CC3)cc2)nc1. The van der Waals surface area contributed by atoms with Crippen LogP contribution in [-0.4, -0.2) is 4.98 Å². The Labute approximate surface area is 184 Å². The average Bonchev–Trinajstić information content (AvgIpc) is 2.80. The lowest BCUT2D eigenvalue weighted by Gasteiger charge is -2.29. The van der Waals surface area contributed by atoms with Crippen LogP contribution >= 0.6 is 0 Å². The zero-order chi connectivity index (χ0) is 21.0. The summed E-state index contributed by atoms with van der Waals surface area (Å²) in [6.07, 6.45) is 18.1. The van der Waals surface area contributed by atoms with E-state index in [2.05, 4.69) is 67.1 Å². The lowest BCUT2D eigenvalue weighted by molar-refractivity contribution is 0.303. The molecule has 0 aliphatic heterocycles. The summed E-state index contributed by atoms with van der Waals surface area (Å²) in [6, 6.07) is 13.2. The Morgan fingerprint density at radius 3 is 2.20 bits per heavy atom. The van der Waals surface area contributed by atoms with Crippen LogP contribution in [0.5, 0.6) is 0 Å². The van der Waals surface area contributed by atoms with Gasteiger partial charge in [-0.3, -0.25) is 0 Å². The van der Waals surface area contributed by atoms with Gasteiger partial charge in [0.15, 0.2) is 0 Å².